The molecule has 0 saturated heterocycles. The Morgan fingerprint density at radius 2 is 2.36 bits per heavy atom. The minimum Gasteiger partial charge on any atom is -0.453 e. The molecule has 0 amide bonds. The van der Waals surface area contributed by atoms with E-state index < -0.39 is 5.97 Å². The molecule has 0 radical (unpaired) electrons. The van der Waals surface area contributed by atoms with Gasteiger partial charge in [0.05, 0.1) is 5.88 Å². The van der Waals surface area contributed by atoms with Gasteiger partial charge in [0.25, 0.3) is 0 Å². The molecule has 1 rings (SSSR count). The van der Waals surface area contributed by atoms with Crippen molar-refractivity contribution in [2.75, 3.05) is 0 Å². The van der Waals surface area contributed by atoms with Gasteiger partial charge >= 0.3 is 5.97 Å². The van der Waals surface area contributed by atoms with Crippen LogP contribution in [0.1, 0.15) is 16.3 Å². The lowest BCUT2D eigenvalue weighted by molar-refractivity contribution is 0.0716. The number of furan rings is 1. The SMILES string of the molecule is O=C(OCl)c1ccc(CCl)o1. The van der Waals surface area contributed by atoms with Crippen molar-refractivity contribution in [3.63, 3.8) is 0 Å². The fraction of sp³-hybridized carbons (Fsp3) is 0.167. The lowest BCUT2D eigenvalue weighted by Crippen LogP contribution is -1.94. The predicted octanol–water partition coefficient (Wildman–Crippen LogP) is 2.33. The van der Waals surface area contributed by atoms with Crippen LogP contribution in [0.15, 0.2) is 16.5 Å². The lowest BCUT2D eigenvalue weighted by atomic mass is 10.4. The van der Waals surface area contributed by atoms with E-state index in [-0.39, 0.29) is 11.6 Å². The molecular weight excluding hydrogens is 191 g/mol. The molecular formula is C6H4Cl2O3. The Hall–Kier alpha value is -0.670. The van der Waals surface area contributed by atoms with Crippen LogP contribution in [0.25, 0.3) is 0 Å². The van der Waals surface area contributed by atoms with Crippen LogP contribution in [0.5, 0.6) is 0 Å². The van der Waals surface area contributed by atoms with Crippen LogP contribution in [0, 0.1) is 0 Å². The summed E-state index contributed by atoms with van der Waals surface area (Å²) in [6, 6.07) is 3.03. The van der Waals surface area contributed by atoms with Crippen LogP contribution in [0.2, 0.25) is 0 Å². The third kappa shape index (κ3) is 1.88. The molecule has 0 aliphatic carbocycles. The van der Waals surface area contributed by atoms with Crippen molar-refractivity contribution >= 4 is 29.4 Å². The van der Waals surface area contributed by atoms with Gasteiger partial charge in [-0.25, -0.2) is 4.79 Å². The second-order valence-corrected chi connectivity index (χ2v) is 2.19. The van der Waals surface area contributed by atoms with Gasteiger partial charge < -0.3 is 8.71 Å². The number of rotatable bonds is 2. The van der Waals surface area contributed by atoms with E-state index in [2.05, 4.69) is 4.29 Å². The minimum absolute atomic E-state index is 0.0515. The molecule has 0 saturated carbocycles. The third-order valence-corrected chi connectivity index (χ3v) is 1.47. The summed E-state index contributed by atoms with van der Waals surface area (Å²) in [6.45, 7) is 0. The highest BCUT2D eigenvalue weighted by Gasteiger charge is 2.11. The van der Waals surface area contributed by atoms with Gasteiger partial charge in [-0.2, -0.15) is 0 Å². The summed E-state index contributed by atoms with van der Waals surface area (Å²) < 4.78 is 8.79. The Kier molecular flexibility index (Phi) is 2.79. The molecule has 0 aromatic carbocycles. The Balaban J connectivity index is 2.80. The maximum Gasteiger partial charge on any atom is 0.392 e. The first-order chi connectivity index (χ1) is 5.27. The van der Waals surface area contributed by atoms with Crippen molar-refractivity contribution in [2.24, 2.45) is 0 Å². The molecule has 11 heavy (non-hydrogen) atoms. The summed E-state index contributed by atoms with van der Waals surface area (Å²) in [6.07, 6.45) is 0. The van der Waals surface area contributed by atoms with Gasteiger partial charge in [0, 0.05) is 0 Å². The summed E-state index contributed by atoms with van der Waals surface area (Å²) in [4.78, 5) is 10.7. The molecule has 1 heterocycles. The molecule has 5 heteroatoms. The fourth-order valence-electron chi connectivity index (χ4n) is 0.597. The summed E-state index contributed by atoms with van der Waals surface area (Å²) in [7, 11) is 0. The van der Waals surface area contributed by atoms with Crippen molar-refractivity contribution in [2.45, 2.75) is 5.88 Å². The van der Waals surface area contributed by atoms with Gasteiger partial charge in [0.1, 0.15) is 17.6 Å². The smallest absolute Gasteiger partial charge is 0.392 e. The Morgan fingerprint density at radius 3 is 2.82 bits per heavy atom. The standard InChI is InChI=1S/C6H4Cl2O3/c7-3-4-1-2-5(10-4)6(9)11-8/h1-2H,3H2. The van der Waals surface area contributed by atoms with Crippen molar-refractivity contribution in [3.8, 4) is 0 Å². The largest absolute Gasteiger partial charge is 0.453 e. The van der Waals surface area contributed by atoms with Gasteiger partial charge in [-0.05, 0) is 12.1 Å². The molecule has 0 N–H and O–H groups in total. The number of hydrogen-bond acceptors (Lipinski definition) is 3. The average molecular weight is 195 g/mol. The molecule has 1 aromatic heterocycles. The monoisotopic (exact) mass is 194 g/mol. The quantitative estimate of drug-likeness (QED) is 0.679. The van der Waals surface area contributed by atoms with Gasteiger partial charge in [0.15, 0.2) is 0 Å². The van der Waals surface area contributed by atoms with E-state index >= 15 is 0 Å². The predicted molar refractivity (Wildman–Crippen MR) is 39.5 cm³/mol. The molecule has 0 fully saturated rings. The van der Waals surface area contributed by atoms with E-state index in [1.165, 1.54) is 6.07 Å². The zero-order valence-electron chi connectivity index (χ0n) is 5.34. The summed E-state index contributed by atoms with van der Waals surface area (Å²) >= 11 is 10.2. The van der Waals surface area contributed by atoms with E-state index in [0.717, 1.165) is 0 Å². The summed E-state index contributed by atoms with van der Waals surface area (Å²) in [5.74, 6) is 0.0534. The van der Waals surface area contributed by atoms with Crippen molar-refractivity contribution in [1.29, 1.82) is 0 Å². The van der Waals surface area contributed by atoms with Crippen LogP contribution in [-0.4, -0.2) is 5.97 Å². The van der Waals surface area contributed by atoms with Gasteiger partial charge in [-0.1, -0.05) is 0 Å². The molecule has 0 bridgehead atoms. The molecule has 0 spiro atoms. The number of carbonyl (C=O) groups excluding carboxylic acids is 1. The average Bonchev–Trinajstić information content (AvgIpc) is 2.50. The molecule has 0 aliphatic rings. The highest BCUT2D eigenvalue weighted by molar-refractivity contribution is 6.17. The maximum absolute atomic E-state index is 10.7. The number of alkyl halides is 1. The highest BCUT2D eigenvalue weighted by atomic mass is 35.5. The van der Waals surface area contributed by atoms with E-state index in [9.17, 15) is 4.79 Å². The van der Waals surface area contributed by atoms with Crippen molar-refractivity contribution < 1.29 is 13.5 Å². The lowest BCUT2D eigenvalue weighted by Gasteiger charge is -1.88. The van der Waals surface area contributed by atoms with Crippen LogP contribution in [0.3, 0.4) is 0 Å². The van der Waals surface area contributed by atoms with Gasteiger partial charge in [0.2, 0.25) is 5.76 Å². The molecule has 0 unspecified atom stereocenters. The zero-order valence-corrected chi connectivity index (χ0v) is 6.85. The molecule has 60 valence electrons. The first-order valence-corrected chi connectivity index (χ1v) is 3.60. The third-order valence-electron chi connectivity index (χ3n) is 1.06. The first kappa shape index (κ1) is 8.43. The summed E-state index contributed by atoms with van der Waals surface area (Å²) in [5.41, 5.74) is 0. The number of hydrogen-bond donors (Lipinski definition) is 0. The second kappa shape index (κ2) is 3.64. The highest BCUT2D eigenvalue weighted by Crippen LogP contribution is 2.11. The van der Waals surface area contributed by atoms with Crippen LogP contribution >= 0.6 is 23.5 Å². The minimum atomic E-state index is -0.719. The van der Waals surface area contributed by atoms with Crippen LogP contribution in [-0.2, 0) is 10.2 Å². The second-order valence-electron chi connectivity index (χ2n) is 1.76. The van der Waals surface area contributed by atoms with Gasteiger partial charge in [-0.15, -0.1) is 11.6 Å². The molecule has 3 nitrogen and oxygen atoms in total. The van der Waals surface area contributed by atoms with Crippen LogP contribution < -0.4 is 0 Å². The summed E-state index contributed by atoms with van der Waals surface area (Å²) in [5, 5.41) is 0. The van der Waals surface area contributed by atoms with Crippen molar-refractivity contribution in [3.05, 3.63) is 23.7 Å². The Labute approximate surface area is 73.0 Å². The molecule has 0 atom stereocenters. The van der Waals surface area contributed by atoms with Crippen molar-refractivity contribution in [1.82, 2.24) is 0 Å². The van der Waals surface area contributed by atoms with E-state index in [4.69, 9.17) is 27.9 Å². The van der Waals surface area contributed by atoms with E-state index in [1.807, 2.05) is 0 Å². The van der Waals surface area contributed by atoms with Gasteiger partial charge in [-0.3, -0.25) is 0 Å². The zero-order chi connectivity index (χ0) is 8.27. The normalized spacial score (nSPS) is 9.64. The molecule has 0 aliphatic heterocycles. The number of carbonyl (C=O) groups is 1. The van der Waals surface area contributed by atoms with E-state index in [1.54, 1.807) is 6.07 Å². The number of halogens is 2. The Bertz CT molecular complexity index is 256. The Morgan fingerprint density at radius 1 is 1.64 bits per heavy atom. The fourth-order valence-corrected chi connectivity index (χ4v) is 0.817. The first-order valence-electron chi connectivity index (χ1n) is 2.75. The molecule has 1 aromatic rings. The maximum atomic E-state index is 10.7. The topological polar surface area (TPSA) is 39.4 Å². The van der Waals surface area contributed by atoms with E-state index in [0.29, 0.717) is 5.76 Å². The van der Waals surface area contributed by atoms with Crippen LogP contribution in [0.4, 0.5) is 0 Å².